The Morgan fingerprint density at radius 2 is 1.33 bits per heavy atom. The van der Waals surface area contributed by atoms with Crippen LogP contribution in [-0.2, 0) is 9.53 Å². The molecule has 4 heteroatoms. The molecule has 0 N–H and O–H groups in total. The average molecular weight is 322 g/mol. The number of likely N-dealkylation sites (N-methyl/N-ethyl adjacent to an activating group) is 1. The minimum atomic E-state index is -0.0265. The molecule has 0 spiro atoms. The van der Waals surface area contributed by atoms with Crippen molar-refractivity contribution in [2.75, 3.05) is 34.3 Å². The van der Waals surface area contributed by atoms with E-state index in [-0.39, 0.29) is 18.4 Å². The lowest BCUT2D eigenvalue weighted by Gasteiger charge is -2.23. The highest BCUT2D eigenvalue weighted by Crippen LogP contribution is 2.10. The summed E-state index contributed by atoms with van der Waals surface area (Å²) in [6, 6.07) is 0. The molecule has 0 aliphatic carbocycles. The second-order valence-electron chi connectivity index (χ2n) is 6.81. The van der Waals surface area contributed by atoms with E-state index in [1.165, 1.54) is 44.9 Å². The van der Waals surface area contributed by atoms with Crippen molar-refractivity contribution in [3.63, 3.8) is 0 Å². The Balaban J connectivity index is 0. The topological polar surface area (TPSA) is 26.3 Å². The number of quaternary nitrogens is 1. The van der Waals surface area contributed by atoms with E-state index in [1.54, 1.807) is 0 Å². The zero-order valence-electron chi connectivity index (χ0n) is 14.6. The van der Waals surface area contributed by atoms with E-state index in [9.17, 15) is 4.79 Å². The Morgan fingerprint density at radius 1 is 0.857 bits per heavy atom. The van der Waals surface area contributed by atoms with Gasteiger partial charge in [0.1, 0.15) is 13.2 Å². The van der Waals surface area contributed by atoms with E-state index in [0.29, 0.717) is 13.0 Å². The molecule has 0 atom stereocenters. The molecular formula is C17H36ClNO2. The lowest BCUT2D eigenvalue weighted by molar-refractivity contribution is -0.870. The highest BCUT2D eigenvalue weighted by atomic mass is 35.5. The van der Waals surface area contributed by atoms with Crippen LogP contribution in [0.3, 0.4) is 0 Å². The van der Waals surface area contributed by atoms with Crippen molar-refractivity contribution in [1.29, 1.82) is 0 Å². The van der Waals surface area contributed by atoms with Crippen molar-refractivity contribution in [3.05, 3.63) is 0 Å². The van der Waals surface area contributed by atoms with Gasteiger partial charge in [-0.05, 0) is 6.42 Å². The van der Waals surface area contributed by atoms with Gasteiger partial charge >= 0.3 is 5.97 Å². The summed E-state index contributed by atoms with van der Waals surface area (Å²) >= 11 is 0. The summed E-state index contributed by atoms with van der Waals surface area (Å²) in [4.78, 5) is 11.5. The predicted molar refractivity (Wildman–Crippen MR) is 85.7 cm³/mol. The van der Waals surface area contributed by atoms with Gasteiger partial charge in [0.05, 0.1) is 21.1 Å². The maximum absolute atomic E-state index is 11.5. The second kappa shape index (κ2) is 14.6. The van der Waals surface area contributed by atoms with Gasteiger partial charge in [0.15, 0.2) is 0 Å². The number of carbonyl (C=O) groups is 1. The van der Waals surface area contributed by atoms with Crippen LogP contribution in [0.4, 0.5) is 0 Å². The van der Waals surface area contributed by atoms with Gasteiger partial charge in [-0.2, -0.15) is 0 Å². The number of esters is 1. The SMILES string of the molecule is CCCCCCCCCCCC(=O)OCC[N+](C)(C)C.[Cl-]. The number of rotatable bonds is 13. The van der Waals surface area contributed by atoms with Crippen molar-refractivity contribution >= 4 is 5.97 Å². The molecule has 3 nitrogen and oxygen atoms in total. The first-order chi connectivity index (χ1) is 9.45. The summed E-state index contributed by atoms with van der Waals surface area (Å²) in [6.07, 6.45) is 12.1. The maximum Gasteiger partial charge on any atom is 0.305 e. The zero-order chi connectivity index (χ0) is 15.3. The second-order valence-corrected chi connectivity index (χ2v) is 6.81. The molecule has 0 rings (SSSR count). The molecule has 0 saturated carbocycles. The van der Waals surface area contributed by atoms with E-state index in [4.69, 9.17) is 4.74 Å². The quantitative estimate of drug-likeness (QED) is 0.289. The van der Waals surface area contributed by atoms with Gasteiger partial charge < -0.3 is 21.6 Å². The molecule has 0 aromatic rings. The Morgan fingerprint density at radius 3 is 1.81 bits per heavy atom. The van der Waals surface area contributed by atoms with Crippen LogP contribution in [0, 0.1) is 0 Å². The van der Waals surface area contributed by atoms with Crippen LogP contribution in [-0.4, -0.2) is 44.7 Å². The molecule has 0 bridgehead atoms. The molecule has 0 radical (unpaired) electrons. The first-order valence-electron chi connectivity index (χ1n) is 8.42. The number of unbranched alkanes of at least 4 members (excludes halogenated alkanes) is 8. The number of halogens is 1. The normalized spacial score (nSPS) is 11.0. The molecule has 0 aliphatic heterocycles. The highest BCUT2D eigenvalue weighted by Gasteiger charge is 2.08. The third kappa shape index (κ3) is 19.7. The van der Waals surface area contributed by atoms with Crippen molar-refractivity contribution < 1.29 is 26.4 Å². The fourth-order valence-corrected chi connectivity index (χ4v) is 2.09. The molecular weight excluding hydrogens is 286 g/mol. The molecule has 0 aromatic heterocycles. The number of hydrogen-bond donors (Lipinski definition) is 0. The Labute approximate surface area is 138 Å². The van der Waals surface area contributed by atoms with Gasteiger partial charge in [-0.3, -0.25) is 4.79 Å². The summed E-state index contributed by atoms with van der Waals surface area (Å²) in [5.41, 5.74) is 0. The van der Waals surface area contributed by atoms with E-state index in [0.717, 1.165) is 23.9 Å². The molecule has 128 valence electrons. The van der Waals surface area contributed by atoms with Crippen LogP contribution >= 0.6 is 0 Å². The molecule has 0 heterocycles. The fraction of sp³-hybridized carbons (Fsp3) is 0.941. The summed E-state index contributed by atoms with van der Waals surface area (Å²) in [6.45, 7) is 3.67. The maximum atomic E-state index is 11.5. The molecule has 0 unspecified atom stereocenters. The minimum absolute atomic E-state index is 0. The molecule has 0 aliphatic rings. The van der Waals surface area contributed by atoms with Crippen molar-refractivity contribution in [1.82, 2.24) is 0 Å². The van der Waals surface area contributed by atoms with E-state index in [1.807, 2.05) is 0 Å². The third-order valence-corrected chi connectivity index (χ3v) is 3.51. The number of nitrogens with zero attached hydrogens (tertiary/aromatic N) is 1. The van der Waals surface area contributed by atoms with Crippen LogP contribution in [0.1, 0.15) is 71.1 Å². The van der Waals surface area contributed by atoms with Gasteiger partial charge in [-0.15, -0.1) is 0 Å². The monoisotopic (exact) mass is 321 g/mol. The van der Waals surface area contributed by atoms with Gasteiger partial charge in [0.2, 0.25) is 0 Å². The van der Waals surface area contributed by atoms with Crippen molar-refractivity contribution in [3.8, 4) is 0 Å². The van der Waals surface area contributed by atoms with E-state index in [2.05, 4.69) is 28.1 Å². The number of ether oxygens (including phenoxy) is 1. The molecule has 0 fully saturated rings. The van der Waals surface area contributed by atoms with Gasteiger partial charge in [-0.25, -0.2) is 0 Å². The Hall–Kier alpha value is -0.280. The van der Waals surface area contributed by atoms with Crippen LogP contribution in [0.15, 0.2) is 0 Å². The average Bonchev–Trinajstić information content (AvgIpc) is 2.35. The number of carbonyl (C=O) groups excluding carboxylic acids is 1. The van der Waals surface area contributed by atoms with Crippen molar-refractivity contribution in [2.45, 2.75) is 71.1 Å². The summed E-state index contributed by atoms with van der Waals surface area (Å²) in [5.74, 6) is -0.0265. The van der Waals surface area contributed by atoms with Gasteiger partial charge in [0, 0.05) is 6.42 Å². The van der Waals surface area contributed by atoms with Crippen LogP contribution in [0.25, 0.3) is 0 Å². The van der Waals surface area contributed by atoms with Crippen molar-refractivity contribution in [2.24, 2.45) is 0 Å². The zero-order valence-corrected chi connectivity index (χ0v) is 15.4. The molecule has 0 saturated heterocycles. The highest BCUT2D eigenvalue weighted by molar-refractivity contribution is 5.69. The number of hydrogen-bond acceptors (Lipinski definition) is 2. The smallest absolute Gasteiger partial charge is 0.305 e. The third-order valence-electron chi connectivity index (χ3n) is 3.51. The molecule has 21 heavy (non-hydrogen) atoms. The molecule has 0 amide bonds. The predicted octanol–water partition coefficient (Wildman–Crippen LogP) is 1.16. The van der Waals surface area contributed by atoms with Crippen LogP contribution in [0.5, 0.6) is 0 Å². The Bertz CT molecular complexity index is 239. The standard InChI is InChI=1S/C17H36NO2.ClH/c1-5-6-7-8-9-10-11-12-13-14-17(19)20-16-15-18(2,3)4;/h5-16H2,1-4H3;1H/q+1;/p-1. The molecule has 0 aromatic carbocycles. The largest absolute Gasteiger partial charge is 1.00 e. The first kappa shape index (κ1) is 23.0. The minimum Gasteiger partial charge on any atom is -1.00 e. The van der Waals surface area contributed by atoms with Gasteiger partial charge in [-0.1, -0.05) is 58.3 Å². The summed E-state index contributed by atoms with van der Waals surface area (Å²) < 4.78 is 6.07. The first-order valence-corrected chi connectivity index (χ1v) is 8.42. The van der Waals surface area contributed by atoms with Crippen LogP contribution in [0.2, 0.25) is 0 Å². The Kier molecular flexibility index (Phi) is 16.0. The lowest BCUT2D eigenvalue weighted by atomic mass is 10.1. The summed E-state index contributed by atoms with van der Waals surface area (Å²) in [7, 11) is 6.32. The van der Waals surface area contributed by atoms with Gasteiger partial charge in [0.25, 0.3) is 0 Å². The summed E-state index contributed by atoms with van der Waals surface area (Å²) in [5, 5.41) is 0. The van der Waals surface area contributed by atoms with E-state index >= 15 is 0 Å². The van der Waals surface area contributed by atoms with Crippen LogP contribution < -0.4 is 12.4 Å². The fourth-order valence-electron chi connectivity index (χ4n) is 2.09. The lowest BCUT2D eigenvalue weighted by Crippen LogP contribution is -3.00. The van der Waals surface area contributed by atoms with E-state index < -0.39 is 0 Å².